The number of nitrogens with one attached hydrogen (secondary N) is 1. The van der Waals surface area contributed by atoms with Gasteiger partial charge in [-0.1, -0.05) is 6.07 Å². The Morgan fingerprint density at radius 1 is 1.07 bits per heavy atom. The number of aryl methyl sites for hydroxylation is 1. The first kappa shape index (κ1) is 20.5. The Balaban J connectivity index is 1.57. The molecule has 29 heavy (non-hydrogen) atoms. The molecule has 1 aromatic carbocycles. The van der Waals surface area contributed by atoms with Crippen molar-refractivity contribution in [2.75, 3.05) is 11.0 Å². The SMILES string of the molecule is Cc1cccc(COc2cc[n+](CC(=O)c3ccc(NS(C)(=O)=O)cc3)cc2)n1. The van der Waals surface area contributed by atoms with Gasteiger partial charge in [0, 0.05) is 29.1 Å². The summed E-state index contributed by atoms with van der Waals surface area (Å²) in [6.45, 7) is 2.47. The van der Waals surface area contributed by atoms with Gasteiger partial charge < -0.3 is 4.74 Å². The Morgan fingerprint density at radius 2 is 1.76 bits per heavy atom. The lowest BCUT2D eigenvalue weighted by molar-refractivity contribution is -0.683. The molecule has 8 heteroatoms. The summed E-state index contributed by atoms with van der Waals surface area (Å²) in [7, 11) is -3.34. The summed E-state index contributed by atoms with van der Waals surface area (Å²) in [5.41, 5.74) is 2.71. The van der Waals surface area contributed by atoms with E-state index < -0.39 is 10.0 Å². The second kappa shape index (κ2) is 8.83. The number of hydrogen-bond acceptors (Lipinski definition) is 5. The van der Waals surface area contributed by atoms with E-state index in [4.69, 9.17) is 4.74 Å². The number of ketones is 1. The molecule has 3 aromatic rings. The molecule has 0 bridgehead atoms. The quantitative estimate of drug-likeness (QED) is 0.454. The van der Waals surface area contributed by atoms with Gasteiger partial charge >= 0.3 is 0 Å². The van der Waals surface area contributed by atoms with Gasteiger partial charge in [-0.15, -0.1) is 0 Å². The highest BCUT2D eigenvalue weighted by Gasteiger charge is 2.13. The number of aromatic nitrogens is 2. The molecule has 150 valence electrons. The third-order valence-corrected chi connectivity index (χ3v) is 4.64. The molecule has 0 amide bonds. The van der Waals surface area contributed by atoms with E-state index in [-0.39, 0.29) is 12.3 Å². The molecule has 1 N–H and O–H groups in total. The maximum absolute atomic E-state index is 12.4. The Morgan fingerprint density at radius 3 is 2.38 bits per heavy atom. The van der Waals surface area contributed by atoms with E-state index in [0.717, 1.165) is 17.6 Å². The molecule has 7 nitrogen and oxygen atoms in total. The first-order valence-corrected chi connectivity index (χ1v) is 10.8. The fraction of sp³-hybridized carbons (Fsp3) is 0.190. The molecule has 0 aliphatic carbocycles. The number of nitrogens with zero attached hydrogens (tertiary/aromatic N) is 2. The van der Waals surface area contributed by atoms with Crippen molar-refractivity contribution in [1.29, 1.82) is 0 Å². The number of Topliss-reactive ketones (excluding diaryl/α,β-unsaturated/α-hetero) is 1. The van der Waals surface area contributed by atoms with Gasteiger partial charge in [-0.3, -0.25) is 14.5 Å². The van der Waals surface area contributed by atoms with E-state index in [9.17, 15) is 13.2 Å². The first-order valence-electron chi connectivity index (χ1n) is 8.94. The van der Waals surface area contributed by atoms with E-state index >= 15 is 0 Å². The van der Waals surface area contributed by atoms with Crippen molar-refractivity contribution in [3.05, 3.63) is 83.9 Å². The highest BCUT2D eigenvalue weighted by Crippen LogP contribution is 2.12. The summed E-state index contributed by atoms with van der Waals surface area (Å²) in [5, 5.41) is 0. The summed E-state index contributed by atoms with van der Waals surface area (Å²) < 4.78 is 32.3. The third kappa shape index (κ3) is 6.39. The molecule has 0 unspecified atom stereocenters. The van der Waals surface area contributed by atoms with Gasteiger partial charge in [0.15, 0.2) is 12.4 Å². The largest absolute Gasteiger partial charge is 0.487 e. The van der Waals surface area contributed by atoms with Crippen LogP contribution in [0.1, 0.15) is 21.7 Å². The van der Waals surface area contributed by atoms with Crippen LogP contribution >= 0.6 is 0 Å². The molecular weight excluding hydrogens is 390 g/mol. The number of ether oxygens (including phenoxy) is 1. The van der Waals surface area contributed by atoms with Crippen LogP contribution in [0.3, 0.4) is 0 Å². The summed E-state index contributed by atoms with van der Waals surface area (Å²) >= 11 is 0. The second-order valence-corrected chi connectivity index (χ2v) is 8.39. The molecule has 0 radical (unpaired) electrons. The Hall–Kier alpha value is -3.26. The highest BCUT2D eigenvalue weighted by molar-refractivity contribution is 7.92. The average Bonchev–Trinajstić information content (AvgIpc) is 2.67. The number of rotatable bonds is 8. The monoisotopic (exact) mass is 412 g/mol. The number of carbonyl (C=O) groups excluding carboxylic acids is 1. The van der Waals surface area contributed by atoms with E-state index in [1.807, 2.05) is 25.1 Å². The molecule has 2 heterocycles. The molecular formula is C21H22N3O4S+. The number of benzene rings is 1. The van der Waals surface area contributed by atoms with Crippen molar-refractivity contribution in [3.63, 3.8) is 0 Å². The third-order valence-electron chi connectivity index (χ3n) is 4.03. The smallest absolute Gasteiger partial charge is 0.229 e. The van der Waals surface area contributed by atoms with Crippen LogP contribution in [0.5, 0.6) is 5.75 Å². The molecule has 3 rings (SSSR count). The number of carbonyl (C=O) groups is 1. The second-order valence-electron chi connectivity index (χ2n) is 6.64. The minimum absolute atomic E-state index is 0.0847. The minimum atomic E-state index is -3.34. The van der Waals surface area contributed by atoms with Crippen LogP contribution < -0.4 is 14.0 Å². The van der Waals surface area contributed by atoms with Crippen LogP contribution in [0.15, 0.2) is 67.0 Å². The van der Waals surface area contributed by atoms with Crippen LogP contribution in [0.25, 0.3) is 0 Å². The maximum atomic E-state index is 12.4. The predicted molar refractivity (Wildman–Crippen MR) is 109 cm³/mol. The summed E-state index contributed by atoms with van der Waals surface area (Å²) in [5.74, 6) is 0.603. The minimum Gasteiger partial charge on any atom is -0.487 e. The molecule has 2 aromatic heterocycles. The molecule has 0 aliphatic heterocycles. The summed E-state index contributed by atoms with van der Waals surface area (Å²) in [6, 6.07) is 15.7. The van der Waals surface area contributed by atoms with Crippen LogP contribution in [0.2, 0.25) is 0 Å². The predicted octanol–water partition coefficient (Wildman–Crippen LogP) is 2.51. The van der Waals surface area contributed by atoms with Gasteiger partial charge in [0.1, 0.15) is 12.4 Å². The maximum Gasteiger partial charge on any atom is 0.229 e. The lowest BCUT2D eigenvalue weighted by Gasteiger charge is -2.06. The summed E-state index contributed by atoms with van der Waals surface area (Å²) in [6.07, 6.45) is 4.63. The molecule has 0 saturated carbocycles. The first-order chi connectivity index (χ1) is 13.8. The zero-order chi connectivity index (χ0) is 20.9. The number of pyridine rings is 2. The lowest BCUT2D eigenvalue weighted by atomic mass is 10.1. The van der Waals surface area contributed by atoms with Gasteiger partial charge in [0.05, 0.1) is 11.9 Å². The molecule has 0 spiro atoms. The molecule has 0 fully saturated rings. The van der Waals surface area contributed by atoms with Crippen LogP contribution in [-0.4, -0.2) is 25.4 Å². The number of sulfonamides is 1. The van der Waals surface area contributed by atoms with Gasteiger partial charge in [-0.25, -0.2) is 8.42 Å². The van der Waals surface area contributed by atoms with Crippen LogP contribution in [-0.2, 0) is 23.2 Å². The van der Waals surface area contributed by atoms with E-state index in [1.165, 1.54) is 0 Å². The summed E-state index contributed by atoms with van der Waals surface area (Å²) in [4.78, 5) is 16.8. The Kier molecular flexibility index (Phi) is 6.23. The van der Waals surface area contributed by atoms with Crippen molar-refractivity contribution in [3.8, 4) is 5.75 Å². The molecule has 0 atom stereocenters. The van der Waals surface area contributed by atoms with Crippen molar-refractivity contribution in [2.45, 2.75) is 20.1 Å². The zero-order valence-electron chi connectivity index (χ0n) is 16.2. The van der Waals surface area contributed by atoms with Crippen LogP contribution in [0.4, 0.5) is 5.69 Å². The van der Waals surface area contributed by atoms with E-state index in [1.54, 1.807) is 53.4 Å². The van der Waals surface area contributed by atoms with Crippen molar-refractivity contribution in [1.82, 2.24) is 4.98 Å². The normalized spacial score (nSPS) is 11.1. The van der Waals surface area contributed by atoms with Gasteiger partial charge in [0.2, 0.25) is 22.4 Å². The highest BCUT2D eigenvalue weighted by atomic mass is 32.2. The average molecular weight is 412 g/mol. The lowest BCUT2D eigenvalue weighted by Crippen LogP contribution is -2.37. The van der Waals surface area contributed by atoms with Crippen molar-refractivity contribution in [2.24, 2.45) is 0 Å². The Labute approximate surface area is 170 Å². The topological polar surface area (TPSA) is 89.2 Å². The molecule has 0 aliphatic rings. The number of anilines is 1. The van der Waals surface area contributed by atoms with Crippen molar-refractivity contribution >= 4 is 21.5 Å². The van der Waals surface area contributed by atoms with Gasteiger partial charge in [-0.2, -0.15) is 4.57 Å². The van der Waals surface area contributed by atoms with Crippen LogP contribution in [0, 0.1) is 6.92 Å². The van der Waals surface area contributed by atoms with Gasteiger partial charge in [0.25, 0.3) is 0 Å². The number of hydrogen-bond donors (Lipinski definition) is 1. The molecule has 0 saturated heterocycles. The standard InChI is InChI=1S/C21H21N3O4S/c1-16-4-3-5-19(22-16)15-28-20-10-12-24(13-11-20)14-21(25)17-6-8-18(9-7-17)23-29(2,26)27/h3-13H,14-15H2,1-2H3/p+1. The fourth-order valence-corrected chi connectivity index (χ4v) is 3.24. The van der Waals surface area contributed by atoms with E-state index in [2.05, 4.69) is 9.71 Å². The van der Waals surface area contributed by atoms with E-state index in [0.29, 0.717) is 23.6 Å². The zero-order valence-corrected chi connectivity index (χ0v) is 17.0. The fourth-order valence-electron chi connectivity index (χ4n) is 2.68. The van der Waals surface area contributed by atoms with Gasteiger partial charge in [-0.05, 0) is 43.3 Å². The Bertz CT molecular complexity index is 1100. The van der Waals surface area contributed by atoms with Crippen molar-refractivity contribution < 1.29 is 22.5 Å².